The highest BCUT2D eigenvalue weighted by Gasteiger charge is 2.04. The second kappa shape index (κ2) is 13.6. The molecule has 0 fully saturated rings. The molecule has 0 bridgehead atoms. The molecule has 1 aromatic rings. The van der Waals surface area contributed by atoms with Gasteiger partial charge in [-0.25, -0.2) is 4.79 Å². The number of ether oxygens (including phenoxy) is 2. The van der Waals surface area contributed by atoms with Gasteiger partial charge in [0.15, 0.2) is 0 Å². The molecule has 0 aliphatic rings. The van der Waals surface area contributed by atoms with Crippen molar-refractivity contribution in [3.05, 3.63) is 42.0 Å². The van der Waals surface area contributed by atoms with Crippen molar-refractivity contribution in [1.82, 2.24) is 0 Å². The van der Waals surface area contributed by atoms with Gasteiger partial charge in [-0.05, 0) is 25.5 Å². The molecular formula is C21H32O3. The molecule has 0 N–H and O–H groups in total. The number of para-hydroxylation sites is 1. The molecule has 1 rings (SSSR count). The summed E-state index contributed by atoms with van der Waals surface area (Å²) in [7, 11) is 0. The Morgan fingerprint density at radius 1 is 0.958 bits per heavy atom. The molecule has 0 atom stereocenters. The quantitative estimate of drug-likeness (QED) is 0.264. The zero-order valence-electron chi connectivity index (χ0n) is 15.3. The maximum Gasteiger partial charge on any atom is 0.333 e. The van der Waals surface area contributed by atoms with Crippen LogP contribution in [0.25, 0.3) is 0 Å². The van der Waals surface area contributed by atoms with E-state index in [-0.39, 0.29) is 5.97 Å². The number of hydrogen-bond acceptors (Lipinski definition) is 3. The summed E-state index contributed by atoms with van der Waals surface area (Å²) in [6, 6.07) is 9.69. The first-order chi connectivity index (χ1) is 11.7. The topological polar surface area (TPSA) is 35.5 Å². The summed E-state index contributed by atoms with van der Waals surface area (Å²) in [4.78, 5) is 11.8. The normalized spacial score (nSPS) is 11.3. The van der Waals surface area contributed by atoms with E-state index in [9.17, 15) is 4.79 Å². The average Bonchev–Trinajstić information content (AvgIpc) is 2.61. The highest BCUT2D eigenvalue weighted by atomic mass is 16.5. The van der Waals surface area contributed by atoms with E-state index in [1.807, 2.05) is 36.4 Å². The van der Waals surface area contributed by atoms with Crippen molar-refractivity contribution >= 4 is 5.97 Å². The van der Waals surface area contributed by atoms with Gasteiger partial charge in [0.05, 0.1) is 13.2 Å². The molecule has 1 aromatic carbocycles. The van der Waals surface area contributed by atoms with Crippen LogP contribution in [0.15, 0.2) is 42.0 Å². The Hall–Kier alpha value is -1.77. The standard InChI is InChI=1S/C21H32O3/c1-3-4-5-6-7-8-12-17-24-21(22)19(2)14-13-18-23-20-15-10-9-11-16-20/h9-11,14-16H,3-8,12-13,17-18H2,1-2H3. The minimum absolute atomic E-state index is 0.208. The molecule has 3 heteroatoms. The van der Waals surface area contributed by atoms with Crippen LogP contribution in [0.5, 0.6) is 5.75 Å². The van der Waals surface area contributed by atoms with E-state index < -0.39 is 0 Å². The first-order valence-electron chi connectivity index (χ1n) is 9.25. The van der Waals surface area contributed by atoms with Gasteiger partial charge in [-0.1, -0.05) is 69.7 Å². The number of rotatable bonds is 13. The lowest BCUT2D eigenvalue weighted by atomic mass is 10.1. The zero-order chi connectivity index (χ0) is 17.5. The Labute approximate surface area is 147 Å². The van der Waals surface area contributed by atoms with Crippen molar-refractivity contribution < 1.29 is 14.3 Å². The summed E-state index contributed by atoms with van der Waals surface area (Å²) < 4.78 is 10.9. The zero-order valence-corrected chi connectivity index (χ0v) is 15.3. The Bertz CT molecular complexity index is 465. The third kappa shape index (κ3) is 10.1. The largest absolute Gasteiger partial charge is 0.493 e. The van der Waals surface area contributed by atoms with Gasteiger partial charge >= 0.3 is 5.97 Å². The van der Waals surface area contributed by atoms with E-state index in [0.717, 1.165) is 18.6 Å². The third-order valence-corrected chi connectivity index (χ3v) is 3.88. The van der Waals surface area contributed by atoms with Crippen LogP contribution in [0.4, 0.5) is 0 Å². The molecule has 0 spiro atoms. The van der Waals surface area contributed by atoms with Gasteiger partial charge < -0.3 is 9.47 Å². The van der Waals surface area contributed by atoms with Gasteiger partial charge in [0.25, 0.3) is 0 Å². The highest BCUT2D eigenvalue weighted by Crippen LogP contribution is 2.10. The van der Waals surface area contributed by atoms with Gasteiger partial charge in [-0.2, -0.15) is 0 Å². The SMILES string of the molecule is CCCCCCCCCOC(=O)C(C)=CCCOc1ccccc1. The molecule has 3 nitrogen and oxygen atoms in total. The summed E-state index contributed by atoms with van der Waals surface area (Å²) in [6.07, 6.45) is 11.2. The summed E-state index contributed by atoms with van der Waals surface area (Å²) in [5, 5.41) is 0. The van der Waals surface area contributed by atoms with Gasteiger partial charge in [-0.3, -0.25) is 0 Å². The van der Waals surface area contributed by atoms with E-state index >= 15 is 0 Å². The van der Waals surface area contributed by atoms with Crippen molar-refractivity contribution in [1.29, 1.82) is 0 Å². The molecule has 0 saturated heterocycles. The molecular weight excluding hydrogens is 300 g/mol. The molecule has 0 aliphatic heterocycles. The molecule has 0 heterocycles. The Morgan fingerprint density at radius 3 is 2.33 bits per heavy atom. The van der Waals surface area contributed by atoms with Crippen molar-refractivity contribution in [2.24, 2.45) is 0 Å². The Morgan fingerprint density at radius 2 is 1.62 bits per heavy atom. The molecule has 0 radical (unpaired) electrons. The lowest BCUT2D eigenvalue weighted by molar-refractivity contribution is -0.139. The highest BCUT2D eigenvalue weighted by molar-refractivity contribution is 5.87. The predicted molar refractivity (Wildman–Crippen MR) is 99.3 cm³/mol. The van der Waals surface area contributed by atoms with Gasteiger partial charge in [0, 0.05) is 12.0 Å². The van der Waals surface area contributed by atoms with E-state index in [2.05, 4.69) is 6.92 Å². The van der Waals surface area contributed by atoms with E-state index in [4.69, 9.17) is 9.47 Å². The van der Waals surface area contributed by atoms with Crippen LogP contribution in [0.2, 0.25) is 0 Å². The molecule has 0 saturated carbocycles. The minimum atomic E-state index is -0.208. The molecule has 24 heavy (non-hydrogen) atoms. The van der Waals surface area contributed by atoms with Crippen molar-refractivity contribution in [3.63, 3.8) is 0 Å². The number of unbranched alkanes of at least 4 members (excludes halogenated alkanes) is 6. The summed E-state index contributed by atoms with van der Waals surface area (Å²) >= 11 is 0. The first kappa shape index (κ1) is 20.3. The van der Waals surface area contributed by atoms with E-state index in [1.165, 1.54) is 32.1 Å². The number of benzene rings is 1. The number of esters is 1. The number of carbonyl (C=O) groups excluding carboxylic acids is 1. The molecule has 0 unspecified atom stereocenters. The summed E-state index contributed by atoms with van der Waals surface area (Å²) in [6.45, 7) is 5.11. The van der Waals surface area contributed by atoms with Gasteiger partial charge in [0.2, 0.25) is 0 Å². The van der Waals surface area contributed by atoms with E-state index in [0.29, 0.717) is 25.2 Å². The number of hydrogen-bond donors (Lipinski definition) is 0. The molecule has 134 valence electrons. The van der Waals surface area contributed by atoms with Crippen LogP contribution in [0, 0.1) is 0 Å². The maximum atomic E-state index is 11.8. The monoisotopic (exact) mass is 332 g/mol. The second-order valence-corrected chi connectivity index (χ2v) is 6.09. The third-order valence-electron chi connectivity index (χ3n) is 3.88. The Balaban J connectivity index is 2.04. The Kier molecular flexibility index (Phi) is 11.5. The fourth-order valence-corrected chi connectivity index (χ4v) is 2.39. The molecule has 0 aliphatic carbocycles. The fraction of sp³-hybridized carbons (Fsp3) is 0.571. The predicted octanol–water partition coefficient (Wildman–Crippen LogP) is 5.70. The second-order valence-electron chi connectivity index (χ2n) is 6.09. The number of carbonyl (C=O) groups is 1. The van der Waals surface area contributed by atoms with Crippen LogP contribution in [-0.4, -0.2) is 19.2 Å². The lowest BCUT2D eigenvalue weighted by Crippen LogP contribution is -2.07. The average molecular weight is 332 g/mol. The van der Waals surface area contributed by atoms with Crippen LogP contribution in [0.1, 0.15) is 65.2 Å². The fourth-order valence-electron chi connectivity index (χ4n) is 2.39. The van der Waals surface area contributed by atoms with Crippen LogP contribution in [-0.2, 0) is 9.53 Å². The van der Waals surface area contributed by atoms with Crippen LogP contribution < -0.4 is 4.74 Å². The van der Waals surface area contributed by atoms with Crippen LogP contribution >= 0.6 is 0 Å². The summed E-state index contributed by atoms with van der Waals surface area (Å²) in [5.41, 5.74) is 0.662. The van der Waals surface area contributed by atoms with Crippen LogP contribution in [0.3, 0.4) is 0 Å². The minimum Gasteiger partial charge on any atom is -0.493 e. The van der Waals surface area contributed by atoms with Crippen molar-refractivity contribution in [3.8, 4) is 5.75 Å². The molecule has 0 amide bonds. The smallest absolute Gasteiger partial charge is 0.333 e. The summed E-state index contributed by atoms with van der Waals surface area (Å²) in [5.74, 6) is 0.644. The van der Waals surface area contributed by atoms with Gasteiger partial charge in [0.1, 0.15) is 5.75 Å². The van der Waals surface area contributed by atoms with E-state index in [1.54, 1.807) is 6.92 Å². The lowest BCUT2D eigenvalue weighted by Gasteiger charge is -2.06. The molecule has 0 aromatic heterocycles. The van der Waals surface area contributed by atoms with Crippen molar-refractivity contribution in [2.75, 3.05) is 13.2 Å². The maximum absolute atomic E-state index is 11.8. The van der Waals surface area contributed by atoms with Gasteiger partial charge in [-0.15, -0.1) is 0 Å². The van der Waals surface area contributed by atoms with Crippen molar-refractivity contribution in [2.45, 2.75) is 65.2 Å². The first-order valence-corrected chi connectivity index (χ1v) is 9.25.